The van der Waals surface area contributed by atoms with Crippen molar-refractivity contribution >= 4 is 33.5 Å². The Hall–Kier alpha value is -4.63. The normalized spacial score (nSPS) is 11.7. The highest BCUT2D eigenvalue weighted by Gasteiger charge is 2.15. The molecule has 0 aliphatic rings. The summed E-state index contributed by atoms with van der Waals surface area (Å²) in [4.78, 5) is 37.9. The van der Waals surface area contributed by atoms with Gasteiger partial charge in [-0.3, -0.25) is 9.59 Å². The molecule has 4 heterocycles. The number of aromatic amines is 2. The summed E-state index contributed by atoms with van der Waals surface area (Å²) in [6.45, 7) is 0.673. The van der Waals surface area contributed by atoms with Gasteiger partial charge in [0.2, 0.25) is 5.91 Å². The van der Waals surface area contributed by atoms with Crippen molar-refractivity contribution in [3.8, 4) is 28.0 Å². The average Bonchev–Trinajstić information content (AvgIpc) is 3.53. The largest absolute Gasteiger partial charge is 0.497 e. The molecule has 0 radical (unpaired) electrons. The van der Waals surface area contributed by atoms with Crippen molar-refractivity contribution in [3.63, 3.8) is 0 Å². The number of aryl methyl sites for hydroxylation is 1. The number of rotatable bonds is 7. The standard InChI is InChI=1S/C28H28N6O3/c1-33(2)9-5-6-25(35)32-19-10-17(11-20(13-19)37-4)18-12-22-23(15-31-27(22)30-14-18)24-16-34(3)28(36)26-21(24)7-8-29-26/h5-8,10-16,29H,9H2,1-4H3,(H,30,31)(H,32,35)/b6-5+. The summed E-state index contributed by atoms with van der Waals surface area (Å²) >= 11 is 0. The zero-order valence-corrected chi connectivity index (χ0v) is 21.1. The molecule has 5 rings (SSSR count). The maximum atomic E-state index is 12.5. The maximum Gasteiger partial charge on any atom is 0.274 e. The topological polar surface area (TPSA) is 108 Å². The molecule has 3 N–H and O–H groups in total. The molecule has 188 valence electrons. The molecule has 0 spiro atoms. The van der Waals surface area contributed by atoms with Crippen LogP contribution in [0, 0.1) is 0 Å². The Morgan fingerprint density at radius 2 is 1.97 bits per heavy atom. The summed E-state index contributed by atoms with van der Waals surface area (Å²) < 4.78 is 7.08. The lowest BCUT2D eigenvalue weighted by atomic mass is 10.0. The van der Waals surface area contributed by atoms with E-state index in [2.05, 4.69) is 26.3 Å². The number of anilines is 1. The fourth-order valence-corrected chi connectivity index (χ4v) is 4.38. The third-order valence-electron chi connectivity index (χ3n) is 6.20. The van der Waals surface area contributed by atoms with Crippen molar-refractivity contribution in [2.75, 3.05) is 33.1 Å². The van der Waals surface area contributed by atoms with E-state index in [0.29, 0.717) is 23.5 Å². The van der Waals surface area contributed by atoms with Gasteiger partial charge in [-0.1, -0.05) is 6.08 Å². The molecular formula is C28H28N6O3. The smallest absolute Gasteiger partial charge is 0.274 e. The zero-order chi connectivity index (χ0) is 26.1. The number of nitrogens with one attached hydrogen (secondary N) is 3. The van der Waals surface area contributed by atoms with Gasteiger partial charge in [0.05, 0.1) is 7.11 Å². The minimum Gasteiger partial charge on any atom is -0.497 e. The third kappa shape index (κ3) is 4.76. The van der Waals surface area contributed by atoms with Crippen molar-refractivity contribution < 1.29 is 9.53 Å². The van der Waals surface area contributed by atoms with Gasteiger partial charge in [-0.05, 0) is 43.9 Å². The number of benzene rings is 1. The molecule has 9 nitrogen and oxygen atoms in total. The van der Waals surface area contributed by atoms with E-state index in [1.807, 2.05) is 55.7 Å². The van der Waals surface area contributed by atoms with E-state index in [1.165, 1.54) is 6.08 Å². The predicted octanol–water partition coefficient (Wildman–Crippen LogP) is 4.14. The van der Waals surface area contributed by atoms with E-state index in [9.17, 15) is 9.59 Å². The number of likely N-dealkylation sites (N-methyl/N-ethyl adjacent to an activating group) is 1. The first-order valence-corrected chi connectivity index (χ1v) is 11.8. The minimum atomic E-state index is -0.215. The molecule has 0 fully saturated rings. The number of aromatic nitrogens is 4. The second-order valence-corrected chi connectivity index (χ2v) is 9.15. The van der Waals surface area contributed by atoms with Crippen LogP contribution in [0.5, 0.6) is 5.75 Å². The number of methoxy groups -OCH3 is 1. The van der Waals surface area contributed by atoms with Crippen LogP contribution < -0.4 is 15.6 Å². The molecule has 0 unspecified atom stereocenters. The summed E-state index contributed by atoms with van der Waals surface area (Å²) in [5.41, 5.74) is 5.41. The van der Waals surface area contributed by atoms with Gasteiger partial charge in [0.25, 0.3) is 5.56 Å². The van der Waals surface area contributed by atoms with Crippen LogP contribution in [0.4, 0.5) is 5.69 Å². The number of carbonyl (C=O) groups is 1. The van der Waals surface area contributed by atoms with E-state index < -0.39 is 0 Å². The van der Waals surface area contributed by atoms with Crippen molar-refractivity contribution in [2.45, 2.75) is 0 Å². The molecule has 0 aliphatic heterocycles. The number of fused-ring (bicyclic) bond motifs is 2. The van der Waals surface area contributed by atoms with Crippen LogP contribution in [-0.4, -0.2) is 58.1 Å². The zero-order valence-electron chi connectivity index (χ0n) is 21.1. The molecule has 0 aliphatic carbocycles. The molecule has 0 saturated carbocycles. The second-order valence-electron chi connectivity index (χ2n) is 9.15. The van der Waals surface area contributed by atoms with Gasteiger partial charge < -0.3 is 29.5 Å². The van der Waals surface area contributed by atoms with Gasteiger partial charge in [-0.2, -0.15) is 0 Å². The summed E-state index contributed by atoms with van der Waals surface area (Å²) in [7, 11) is 7.22. The first-order chi connectivity index (χ1) is 17.8. The quantitative estimate of drug-likeness (QED) is 0.294. The Morgan fingerprint density at radius 1 is 1.14 bits per heavy atom. The number of ether oxygens (including phenoxy) is 1. The fourth-order valence-electron chi connectivity index (χ4n) is 4.38. The second kappa shape index (κ2) is 9.79. The third-order valence-corrected chi connectivity index (χ3v) is 6.20. The molecule has 1 aromatic carbocycles. The summed E-state index contributed by atoms with van der Waals surface area (Å²) in [5, 5.41) is 4.68. The minimum absolute atomic E-state index is 0.0788. The summed E-state index contributed by atoms with van der Waals surface area (Å²) in [6.07, 6.45) is 10.6. The van der Waals surface area contributed by atoms with Crippen LogP contribution in [0.25, 0.3) is 44.2 Å². The van der Waals surface area contributed by atoms with Crippen LogP contribution in [0.15, 0.2) is 72.1 Å². The molecule has 9 heteroatoms. The number of pyridine rings is 2. The van der Waals surface area contributed by atoms with Gasteiger partial charge in [0.1, 0.15) is 16.9 Å². The van der Waals surface area contributed by atoms with Crippen LogP contribution in [0.2, 0.25) is 0 Å². The number of hydrogen-bond donors (Lipinski definition) is 3. The van der Waals surface area contributed by atoms with E-state index in [0.717, 1.165) is 38.7 Å². The van der Waals surface area contributed by atoms with Gasteiger partial charge in [-0.15, -0.1) is 0 Å². The molecule has 5 aromatic rings. The molecule has 1 amide bonds. The molecule has 0 saturated heterocycles. The average molecular weight is 497 g/mol. The van der Waals surface area contributed by atoms with Crippen molar-refractivity contribution in [2.24, 2.45) is 7.05 Å². The number of amides is 1. The Bertz CT molecular complexity index is 1710. The number of nitrogens with zero attached hydrogens (tertiary/aromatic N) is 3. The Balaban J connectivity index is 1.55. The monoisotopic (exact) mass is 496 g/mol. The predicted molar refractivity (Wildman–Crippen MR) is 147 cm³/mol. The molecule has 0 atom stereocenters. The molecule has 37 heavy (non-hydrogen) atoms. The van der Waals surface area contributed by atoms with E-state index in [-0.39, 0.29) is 11.5 Å². The lowest BCUT2D eigenvalue weighted by Gasteiger charge is -2.11. The lowest BCUT2D eigenvalue weighted by Crippen LogP contribution is -2.16. The van der Waals surface area contributed by atoms with Gasteiger partial charge in [0.15, 0.2) is 0 Å². The highest BCUT2D eigenvalue weighted by Crippen LogP contribution is 2.35. The molecule has 4 aromatic heterocycles. The first-order valence-electron chi connectivity index (χ1n) is 11.8. The van der Waals surface area contributed by atoms with Crippen molar-refractivity contribution in [3.05, 3.63) is 77.6 Å². The van der Waals surface area contributed by atoms with Gasteiger partial charge in [0, 0.05) is 83.7 Å². The highest BCUT2D eigenvalue weighted by molar-refractivity contribution is 6.04. The first kappa shape index (κ1) is 24.1. The van der Waals surface area contributed by atoms with E-state index >= 15 is 0 Å². The fraction of sp³-hybridized carbons (Fsp3) is 0.179. The van der Waals surface area contributed by atoms with Gasteiger partial charge in [-0.25, -0.2) is 4.98 Å². The summed E-state index contributed by atoms with van der Waals surface area (Å²) in [6, 6.07) is 9.54. The Labute approximate surface area is 213 Å². The number of H-pyrrole nitrogens is 2. The van der Waals surface area contributed by atoms with Gasteiger partial charge >= 0.3 is 0 Å². The Morgan fingerprint density at radius 3 is 2.76 bits per heavy atom. The number of carbonyl (C=O) groups excluding carboxylic acids is 1. The van der Waals surface area contributed by atoms with Crippen LogP contribution >= 0.6 is 0 Å². The Kier molecular flexibility index (Phi) is 6.37. The summed E-state index contributed by atoms with van der Waals surface area (Å²) in [5.74, 6) is 0.402. The lowest BCUT2D eigenvalue weighted by molar-refractivity contribution is -0.111. The maximum absolute atomic E-state index is 12.5. The molecule has 0 bridgehead atoms. The van der Waals surface area contributed by atoms with Crippen LogP contribution in [-0.2, 0) is 11.8 Å². The van der Waals surface area contributed by atoms with E-state index in [4.69, 9.17) is 4.74 Å². The highest BCUT2D eigenvalue weighted by atomic mass is 16.5. The number of hydrogen-bond acceptors (Lipinski definition) is 5. The SMILES string of the molecule is COc1cc(NC(=O)/C=C/CN(C)C)cc(-c2cnc3[nH]cc(-c4cn(C)c(=O)c5[nH]ccc45)c3c2)c1. The molecular weight excluding hydrogens is 468 g/mol. The van der Waals surface area contributed by atoms with Crippen LogP contribution in [0.3, 0.4) is 0 Å². The van der Waals surface area contributed by atoms with Crippen molar-refractivity contribution in [1.82, 2.24) is 24.4 Å². The van der Waals surface area contributed by atoms with E-state index in [1.54, 1.807) is 37.2 Å². The van der Waals surface area contributed by atoms with Crippen LogP contribution in [0.1, 0.15) is 0 Å². The van der Waals surface area contributed by atoms with Crippen molar-refractivity contribution in [1.29, 1.82) is 0 Å².